The lowest BCUT2D eigenvalue weighted by Gasteiger charge is -2.28. The van der Waals surface area contributed by atoms with Crippen molar-refractivity contribution in [2.24, 2.45) is 0 Å². The Morgan fingerprint density at radius 1 is 0.970 bits per heavy atom. The molecule has 1 amide bonds. The molecule has 1 atom stereocenters. The first-order valence-corrected chi connectivity index (χ1v) is 11.7. The molecule has 0 spiro atoms. The van der Waals surface area contributed by atoms with E-state index in [1.807, 2.05) is 4.90 Å². The van der Waals surface area contributed by atoms with Gasteiger partial charge in [0.2, 0.25) is 0 Å². The molecule has 0 radical (unpaired) electrons. The third kappa shape index (κ3) is 4.69. The van der Waals surface area contributed by atoms with Gasteiger partial charge in [-0.2, -0.15) is 5.10 Å². The summed E-state index contributed by atoms with van der Waals surface area (Å²) >= 11 is 0. The molecule has 0 bridgehead atoms. The highest BCUT2D eigenvalue weighted by atomic mass is 19.1. The number of benzene rings is 2. The Morgan fingerprint density at radius 3 is 2.33 bits per heavy atom. The molecule has 1 saturated heterocycles. The number of nitrogens with one attached hydrogen (secondary N) is 1. The van der Waals surface area contributed by atoms with Gasteiger partial charge in [0.25, 0.3) is 5.91 Å². The predicted molar refractivity (Wildman–Crippen MR) is 122 cm³/mol. The van der Waals surface area contributed by atoms with Gasteiger partial charge >= 0.3 is 0 Å². The Hall–Kier alpha value is -3.06. The van der Waals surface area contributed by atoms with Gasteiger partial charge in [0.1, 0.15) is 17.3 Å². The summed E-state index contributed by atoms with van der Waals surface area (Å²) in [5.74, 6) is -0.549. The number of rotatable bonds is 5. The number of aromatic nitrogens is 2. The molecule has 1 aliphatic heterocycles. The van der Waals surface area contributed by atoms with Crippen LogP contribution in [0.4, 0.5) is 8.78 Å². The molecule has 172 valence electrons. The molecule has 1 aromatic heterocycles. The molecule has 2 heterocycles. The summed E-state index contributed by atoms with van der Waals surface area (Å²) in [7, 11) is 0. The van der Waals surface area contributed by atoms with Gasteiger partial charge < -0.3 is 10.2 Å². The summed E-state index contributed by atoms with van der Waals surface area (Å²) in [6.45, 7) is 2.16. The minimum absolute atomic E-state index is 0.00644. The predicted octanol–water partition coefficient (Wildman–Crippen LogP) is 4.42. The molecule has 1 N–H and O–H groups in total. The van der Waals surface area contributed by atoms with Crippen LogP contribution in [0.15, 0.2) is 48.5 Å². The Balaban J connectivity index is 1.43. The van der Waals surface area contributed by atoms with E-state index in [1.54, 1.807) is 28.9 Å². The number of aryl methyl sites for hydroxylation is 1. The average molecular weight is 451 g/mol. The van der Waals surface area contributed by atoms with E-state index >= 15 is 0 Å². The lowest BCUT2D eigenvalue weighted by atomic mass is 9.91. The SMILES string of the molecule is O=C(c1c2c(nn1-c1ccc(F)cc1)CCC(NCc1ccc(F)cc1)C2)N1CCCCC1. The summed E-state index contributed by atoms with van der Waals surface area (Å²) in [5, 5.41) is 8.37. The highest BCUT2D eigenvalue weighted by Crippen LogP contribution is 2.29. The Kier molecular flexibility index (Phi) is 6.22. The van der Waals surface area contributed by atoms with E-state index in [0.717, 1.165) is 62.0 Å². The zero-order valence-corrected chi connectivity index (χ0v) is 18.6. The van der Waals surface area contributed by atoms with Crippen molar-refractivity contribution in [2.45, 2.75) is 51.1 Å². The van der Waals surface area contributed by atoms with Gasteiger partial charge in [-0.3, -0.25) is 4.79 Å². The van der Waals surface area contributed by atoms with Crippen LogP contribution in [0.2, 0.25) is 0 Å². The molecule has 2 aromatic carbocycles. The minimum atomic E-state index is -0.315. The van der Waals surface area contributed by atoms with Crippen LogP contribution in [-0.2, 0) is 19.4 Å². The summed E-state index contributed by atoms with van der Waals surface area (Å²) in [4.78, 5) is 15.6. The molecule has 1 aliphatic carbocycles. The quantitative estimate of drug-likeness (QED) is 0.626. The molecule has 7 heteroatoms. The number of hydrogen-bond acceptors (Lipinski definition) is 3. The number of piperidine rings is 1. The zero-order chi connectivity index (χ0) is 22.8. The molecule has 3 aromatic rings. The van der Waals surface area contributed by atoms with Crippen molar-refractivity contribution in [1.82, 2.24) is 20.0 Å². The first-order chi connectivity index (χ1) is 16.1. The van der Waals surface area contributed by atoms with Crippen LogP contribution >= 0.6 is 0 Å². The number of carbonyl (C=O) groups is 1. The van der Waals surface area contributed by atoms with E-state index in [4.69, 9.17) is 5.10 Å². The molecule has 5 nitrogen and oxygen atoms in total. The third-order valence-electron chi connectivity index (χ3n) is 6.67. The van der Waals surface area contributed by atoms with Crippen LogP contribution in [0.25, 0.3) is 5.69 Å². The van der Waals surface area contributed by atoms with Crippen molar-refractivity contribution in [3.63, 3.8) is 0 Å². The molecular formula is C26H28F2N4O. The normalized spacial score (nSPS) is 18.2. The number of likely N-dealkylation sites (tertiary alicyclic amines) is 1. The van der Waals surface area contributed by atoms with E-state index in [1.165, 1.54) is 24.3 Å². The number of halogens is 2. The molecule has 1 unspecified atom stereocenters. The van der Waals surface area contributed by atoms with Gasteiger partial charge in [-0.25, -0.2) is 13.5 Å². The van der Waals surface area contributed by atoms with Crippen molar-refractivity contribution in [2.75, 3.05) is 13.1 Å². The van der Waals surface area contributed by atoms with Gasteiger partial charge in [0, 0.05) is 31.2 Å². The Morgan fingerprint density at radius 2 is 1.64 bits per heavy atom. The van der Waals surface area contributed by atoms with E-state index in [9.17, 15) is 13.6 Å². The number of hydrogen-bond donors (Lipinski definition) is 1. The Labute approximate surface area is 192 Å². The first-order valence-electron chi connectivity index (χ1n) is 11.7. The van der Waals surface area contributed by atoms with Gasteiger partial charge in [0.15, 0.2) is 0 Å². The summed E-state index contributed by atoms with van der Waals surface area (Å²) < 4.78 is 28.5. The standard InChI is InChI=1S/C26H28F2N4O/c27-19-6-4-18(5-7-19)17-29-21-10-13-24-23(16-21)25(26(33)31-14-2-1-3-15-31)32(30-24)22-11-8-20(28)9-12-22/h4-9,11-12,21,29H,1-3,10,13-17H2. The average Bonchev–Trinajstić information content (AvgIpc) is 3.23. The number of fused-ring (bicyclic) bond motifs is 1. The molecule has 0 saturated carbocycles. The van der Waals surface area contributed by atoms with Gasteiger partial charge in [-0.1, -0.05) is 12.1 Å². The minimum Gasteiger partial charge on any atom is -0.337 e. The highest BCUT2D eigenvalue weighted by Gasteiger charge is 2.32. The fourth-order valence-corrected chi connectivity index (χ4v) is 4.84. The fraction of sp³-hybridized carbons (Fsp3) is 0.385. The molecular weight excluding hydrogens is 422 g/mol. The maximum Gasteiger partial charge on any atom is 0.272 e. The molecule has 33 heavy (non-hydrogen) atoms. The zero-order valence-electron chi connectivity index (χ0n) is 18.6. The fourth-order valence-electron chi connectivity index (χ4n) is 4.84. The maximum atomic E-state index is 13.6. The summed E-state index contributed by atoms with van der Waals surface area (Å²) in [6, 6.07) is 12.9. The van der Waals surface area contributed by atoms with Crippen molar-refractivity contribution in [3.8, 4) is 5.69 Å². The van der Waals surface area contributed by atoms with Gasteiger partial charge in [-0.15, -0.1) is 0 Å². The largest absolute Gasteiger partial charge is 0.337 e. The topological polar surface area (TPSA) is 50.2 Å². The highest BCUT2D eigenvalue weighted by molar-refractivity contribution is 5.95. The summed E-state index contributed by atoms with van der Waals surface area (Å²) in [6.07, 6.45) is 5.55. The van der Waals surface area contributed by atoms with Crippen molar-refractivity contribution in [3.05, 3.63) is 82.7 Å². The Bertz CT molecular complexity index is 1120. The van der Waals surface area contributed by atoms with E-state index in [2.05, 4.69) is 5.32 Å². The number of nitrogens with zero attached hydrogens (tertiary/aromatic N) is 3. The maximum absolute atomic E-state index is 13.6. The van der Waals surface area contributed by atoms with Crippen LogP contribution in [0, 0.1) is 11.6 Å². The lowest BCUT2D eigenvalue weighted by molar-refractivity contribution is 0.0713. The first kappa shape index (κ1) is 21.8. The van der Waals surface area contributed by atoms with Crippen molar-refractivity contribution >= 4 is 5.91 Å². The summed E-state index contributed by atoms with van der Waals surface area (Å²) in [5.41, 5.74) is 4.25. The van der Waals surface area contributed by atoms with Crippen LogP contribution in [0.1, 0.15) is 53.0 Å². The molecule has 5 rings (SSSR count). The van der Waals surface area contributed by atoms with E-state index in [0.29, 0.717) is 24.3 Å². The van der Waals surface area contributed by atoms with E-state index in [-0.39, 0.29) is 23.6 Å². The van der Waals surface area contributed by atoms with Crippen molar-refractivity contribution < 1.29 is 13.6 Å². The smallest absolute Gasteiger partial charge is 0.272 e. The van der Waals surface area contributed by atoms with E-state index < -0.39 is 0 Å². The lowest BCUT2D eigenvalue weighted by Crippen LogP contribution is -2.38. The van der Waals surface area contributed by atoms with Gasteiger partial charge in [0.05, 0.1) is 11.4 Å². The second-order valence-corrected chi connectivity index (χ2v) is 8.96. The van der Waals surface area contributed by atoms with Crippen LogP contribution in [0.5, 0.6) is 0 Å². The second-order valence-electron chi connectivity index (χ2n) is 8.96. The monoisotopic (exact) mass is 450 g/mol. The van der Waals surface area contributed by atoms with Crippen LogP contribution in [-0.4, -0.2) is 39.7 Å². The number of carbonyl (C=O) groups excluding carboxylic acids is 1. The number of amides is 1. The third-order valence-corrected chi connectivity index (χ3v) is 6.67. The second kappa shape index (κ2) is 9.43. The van der Waals surface area contributed by atoms with Gasteiger partial charge in [-0.05, 0) is 80.5 Å². The van der Waals surface area contributed by atoms with Crippen molar-refractivity contribution in [1.29, 1.82) is 0 Å². The van der Waals surface area contributed by atoms with Crippen LogP contribution in [0.3, 0.4) is 0 Å². The van der Waals surface area contributed by atoms with Crippen LogP contribution < -0.4 is 5.32 Å². The molecule has 1 fully saturated rings. The molecule has 2 aliphatic rings.